The highest BCUT2D eigenvalue weighted by atomic mass is 16.5. The Hall–Kier alpha value is -14.6. The second kappa shape index (κ2) is 45.1. The van der Waals surface area contributed by atoms with Gasteiger partial charge in [-0.05, 0) is 182 Å². The van der Waals surface area contributed by atoms with Gasteiger partial charge in [0.05, 0.1) is 57.9 Å². The molecule has 9 aromatic carbocycles. The van der Waals surface area contributed by atoms with E-state index in [9.17, 15) is 57.5 Å². The van der Waals surface area contributed by atoms with E-state index in [-0.39, 0.29) is 111 Å². The normalized spacial score (nSPS) is 17.8. The summed E-state index contributed by atoms with van der Waals surface area (Å²) in [5.74, 6) is -1.81. The average Bonchev–Trinajstić information content (AvgIpc) is 1.60. The summed E-state index contributed by atoms with van der Waals surface area (Å²) in [4.78, 5) is 166. The lowest BCUT2D eigenvalue weighted by molar-refractivity contribution is -0.146. The fourth-order valence-corrected chi connectivity index (χ4v) is 17.8. The number of nitrogens with one attached hydrogen (secondary N) is 6. The van der Waals surface area contributed by atoms with Crippen molar-refractivity contribution in [2.75, 3.05) is 118 Å². The molecule has 12 amide bonds. The summed E-state index contributed by atoms with van der Waals surface area (Å²) in [5.41, 5.74) is 11.5. The minimum Gasteiger partial charge on any atom is -0.495 e. The summed E-state index contributed by atoms with van der Waals surface area (Å²) >= 11 is 0. The number of ether oxygens (including phenoxy) is 3. The van der Waals surface area contributed by atoms with Gasteiger partial charge >= 0.3 is 36.0 Å². The van der Waals surface area contributed by atoms with Crippen LogP contribution in [0.5, 0.6) is 17.2 Å². The fraction of sp³-hybridized carbons (Fsp3) is 0.347. The number of fused-ring (bicyclic) bond motifs is 1. The number of nitrogens with zero attached hydrogens (tertiary/aromatic N) is 7. The molecule has 0 spiro atoms. The van der Waals surface area contributed by atoms with Crippen molar-refractivity contribution in [3.8, 4) is 17.2 Å². The molecule has 0 bridgehead atoms. The summed E-state index contributed by atoms with van der Waals surface area (Å²) in [6, 6.07) is 63.6. The molecule has 5 saturated heterocycles. The number of hydrogen-bond donors (Lipinski definition) is 9. The maximum atomic E-state index is 13.8. The number of anilines is 6. The number of aliphatic carboxylic acids is 3. The first-order chi connectivity index (χ1) is 63.7. The lowest BCUT2D eigenvalue weighted by Crippen LogP contribution is -2.55. The third-order valence-electron chi connectivity index (χ3n) is 25.0. The molecule has 0 radical (unpaired) electrons. The number of methoxy groups -OCH3 is 2. The predicted octanol–water partition coefficient (Wildman–Crippen LogP) is 13.7. The van der Waals surface area contributed by atoms with Gasteiger partial charge in [0, 0.05) is 113 Å². The van der Waals surface area contributed by atoms with Gasteiger partial charge in [0.25, 0.3) is 0 Å². The molecule has 31 heteroatoms. The highest BCUT2D eigenvalue weighted by Crippen LogP contribution is 2.40. The number of urea groups is 3. The van der Waals surface area contributed by atoms with E-state index in [1.54, 1.807) is 95.0 Å². The minimum atomic E-state index is -0.903. The Balaban J connectivity index is 0.000000169. The molecule has 15 rings (SSSR count). The number of rotatable bonds is 26. The Labute approximate surface area is 766 Å². The first-order valence-corrected chi connectivity index (χ1v) is 44.5. The van der Waals surface area contributed by atoms with Crippen molar-refractivity contribution in [1.82, 2.24) is 34.3 Å². The highest BCUT2D eigenvalue weighted by molar-refractivity contribution is 6.03. The second-order valence-corrected chi connectivity index (χ2v) is 34.1. The van der Waals surface area contributed by atoms with Crippen molar-refractivity contribution in [2.24, 2.45) is 11.8 Å². The average molecular weight is 1800 g/mol. The molecule has 0 aliphatic carbocycles. The van der Waals surface area contributed by atoms with E-state index in [0.29, 0.717) is 161 Å². The zero-order chi connectivity index (χ0) is 93.5. The summed E-state index contributed by atoms with van der Waals surface area (Å²) in [7, 11) is 2.99. The SMILES string of the molecule is COc1cc(CC(=O)N2CC(c3ccccc3)C[C@H]2C(=O)N2CCC(CC(=O)O)CC2)ccc1NC(=O)Nc1ccccc1C.COc1cc(CC(=O)N2C[C@H](Oc3ccccc3)C[C@H]2C(=O)N2CCN(CC(=O)O)CC2)ccc1NC(=O)Nc1ccccc1C.Cc1ccccc1NC(=O)Nc1ccc(CC(=O)N2Cc3ccccc3C2C(=O)N2CCC(CC(=O)O)CC2)cc1. The standard InChI is InChI=1S/C35H40N4O6.C34H39N5O7.C32H34N4O5/c1-23-8-6-7-11-28(23)36-35(44)37-29-13-12-25(18-31(29)45-2)19-32(40)39-22-27(26-9-4-3-5-10-26)21-30(39)34(43)38-16-14-24(15-17-38)20-33(41)42;1-23-8-6-7-11-27(23)35-34(44)36-28-13-12-24(18-30(28)45-2)19-31(40)39-21-26(46-25-9-4-3-5-10-25)20-29(39)33(43)38-16-14-37(15-17-38)22-32(41)42;1-21-6-2-5-9-27(21)34-32(41)33-25-12-10-22(11-13-25)18-28(37)36-20-24-7-3-4-8-26(24)30(36)31(40)35-16-14-23(15-17-35)19-29(38)39/h3-13,18,24,27,30H,14-17,19-22H2,1-2H3,(H,41,42)(H2,36,37,44);3-13,18,26,29H,14-17,19-22H2,1-2H3,(H,41,42)(H2,35,36,44);2-13,23,30H,14-20H2,1H3,(H,38,39)(H2,33,34,41)/t27?,30-;26-,29+;/m01./s1. The third kappa shape index (κ3) is 25.5. The maximum absolute atomic E-state index is 13.8. The number of likely N-dealkylation sites (tertiary alicyclic amines) is 4. The maximum Gasteiger partial charge on any atom is 0.323 e. The van der Waals surface area contributed by atoms with Gasteiger partial charge in [-0.3, -0.25) is 48.1 Å². The van der Waals surface area contributed by atoms with Gasteiger partial charge in [-0.25, -0.2) is 14.4 Å². The van der Waals surface area contributed by atoms with Gasteiger partial charge in [-0.2, -0.15) is 0 Å². The molecule has 132 heavy (non-hydrogen) atoms. The van der Waals surface area contributed by atoms with Crippen LogP contribution in [0, 0.1) is 32.6 Å². The number of carboxylic acids is 3. The van der Waals surface area contributed by atoms with Gasteiger partial charge in [0.15, 0.2) is 0 Å². The van der Waals surface area contributed by atoms with Crippen LogP contribution in [0.25, 0.3) is 0 Å². The van der Waals surface area contributed by atoms with Crippen LogP contribution in [0.4, 0.5) is 48.5 Å². The van der Waals surface area contributed by atoms with Gasteiger partial charge in [0.1, 0.15) is 41.5 Å². The molecule has 6 heterocycles. The van der Waals surface area contributed by atoms with Crippen LogP contribution in [0.2, 0.25) is 0 Å². The van der Waals surface area contributed by atoms with E-state index in [0.717, 1.165) is 44.6 Å². The van der Waals surface area contributed by atoms with E-state index in [2.05, 4.69) is 31.9 Å². The molecule has 0 saturated carbocycles. The molecular formula is C101H113N13O18. The molecule has 5 fully saturated rings. The molecule has 690 valence electrons. The number of hydrogen-bond acceptors (Lipinski definition) is 16. The summed E-state index contributed by atoms with van der Waals surface area (Å²) in [5, 5.41) is 44.3. The van der Waals surface area contributed by atoms with Crippen molar-refractivity contribution in [3.63, 3.8) is 0 Å². The van der Waals surface area contributed by atoms with E-state index >= 15 is 0 Å². The zero-order valence-electron chi connectivity index (χ0n) is 74.7. The zero-order valence-corrected chi connectivity index (χ0v) is 74.7. The molecule has 9 aromatic rings. The van der Waals surface area contributed by atoms with Gasteiger partial charge in [-0.15, -0.1) is 0 Å². The number of carbonyl (C=O) groups is 12. The van der Waals surface area contributed by atoms with Crippen LogP contribution < -0.4 is 46.1 Å². The van der Waals surface area contributed by atoms with E-state index in [1.807, 2.05) is 178 Å². The van der Waals surface area contributed by atoms with Gasteiger partial charge in [-0.1, -0.05) is 152 Å². The Kier molecular flexibility index (Phi) is 32.4. The second-order valence-electron chi connectivity index (χ2n) is 34.1. The quantitative estimate of drug-likeness (QED) is 0.0243. The van der Waals surface area contributed by atoms with E-state index in [4.69, 9.17) is 29.5 Å². The Morgan fingerprint density at radius 1 is 0.386 bits per heavy atom. The monoisotopic (exact) mass is 1800 g/mol. The first kappa shape index (κ1) is 95.0. The van der Waals surface area contributed by atoms with Crippen LogP contribution in [-0.2, 0) is 69.0 Å². The van der Waals surface area contributed by atoms with Gasteiger partial charge in [0.2, 0.25) is 35.4 Å². The molecule has 5 atom stereocenters. The Bertz CT molecular complexity index is 5620. The summed E-state index contributed by atoms with van der Waals surface area (Å²) < 4.78 is 17.3. The van der Waals surface area contributed by atoms with Crippen molar-refractivity contribution in [1.29, 1.82) is 0 Å². The molecule has 6 aliphatic rings. The molecular weight excluding hydrogens is 1680 g/mol. The smallest absolute Gasteiger partial charge is 0.323 e. The number of piperidine rings is 2. The molecule has 31 nitrogen and oxygen atoms in total. The topological polar surface area (TPSA) is 388 Å². The van der Waals surface area contributed by atoms with Crippen LogP contribution in [0.15, 0.2) is 218 Å². The Morgan fingerprint density at radius 3 is 1.28 bits per heavy atom. The van der Waals surface area contributed by atoms with Crippen LogP contribution in [-0.4, -0.2) is 225 Å². The molecule has 6 aliphatic heterocycles. The van der Waals surface area contributed by atoms with Crippen LogP contribution in [0.3, 0.4) is 0 Å². The van der Waals surface area contributed by atoms with Crippen molar-refractivity contribution in [3.05, 3.63) is 268 Å². The number of aryl methyl sites for hydroxylation is 3. The molecule has 2 unspecified atom stereocenters. The highest BCUT2D eigenvalue weighted by Gasteiger charge is 2.46. The number of carbonyl (C=O) groups excluding carboxylic acids is 9. The summed E-state index contributed by atoms with van der Waals surface area (Å²) in [6.07, 6.45) is 3.50. The number of para-hydroxylation sites is 4. The lowest BCUT2D eigenvalue weighted by Gasteiger charge is -2.36. The Morgan fingerprint density at radius 2 is 0.795 bits per heavy atom. The molecule has 9 N–H and O–H groups in total. The largest absolute Gasteiger partial charge is 0.495 e. The number of piperazine rings is 1. The molecule has 0 aromatic heterocycles. The van der Waals surface area contributed by atoms with Crippen molar-refractivity contribution < 1.29 is 87.1 Å². The number of carboxylic acid groups (broad SMARTS) is 3. The lowest BCUT2D eigenvalue weighted by atomic mass is 9.92. The minimum absolute atomic E-state index is 0.0142. The van der Waals surface area contributed by atoms with Crippen molar-refractivity contribution >= 4 is 106 Å². The van der Waals surface area contributed by atoms with Crippen LogP contribution in [0.1, 0.15) is 113 Å². The van der Waals surface area contributed by atoms with E-state index < -0.39 is 48.1 Å². The summed E-state index contributed by atoms with van der Waals surface area (Å²) in [6.45, 7) is 10.3. The van der Waals surface area contributed by atoms with Gasteiger partial charge < -0.3 is 90.8 Å². The number of amides is 12. The predicted molar refractivity (Wildman–Crippen MR) is 499 cm³/mol. The fourth-order valence-electron chi connectivity index (χ4n) is 17.8. The number of benzene rings is 9. The first-order valence-electron chi connectivity index (χ1n) is 44.5. The van der Waals surface area contributed by atoms with Crippen LogP contribution >= 0.6 is 0 Å². The van der Waals surface area contributed by atoms with Crippen molar-refractivity contribution in [2.45, 2.75) is 128 Å². The third-order valence-corrected chi connectivity index (χ3v) is 25.0. The van der Waals surface area contributed by atoms with E-state index in [1.165, 1.54) is 14.2 Å².